The minimum atomic E-state index is -0.511. The first-order valence-corrected chi connectivity index (χ1v) is 4.36. The van der Waals surface area contributed by atoms with Gasteiger partial charge in [0.2, 0.25) is 0 Å². The highest BCUT2D eigenvalue weighted by Crippen LogP contribution is 2.28. The minimum Gasteiger partial charge on any atom is -0.375 e. The molecule has 1 aromatic rings. The van der Waals surface area contributed by atoms with Gasteiger partial charge < -0.3 is 5.73 Å². The monoisotopic (exact) mass is 196 g/mol. The smallest absolute Gasteiger partial charge is 0.180 e. The van der Waals surface area contributed by atoms with Crippen LogP contribution in [0.15, 0.2) is 37.3 Å². The van der Waals surface area contributed by atoms with E-state index in [1.165, 1.54) is 29.7 Å². The van der Waals surface area contributed by atoms with Crippen molar-refractivity contribution in [1.82, 2.24) is 4.98 Å². The summed E-state index contributed by atoms with van der Waals surface area (Å²) in [5.41, 5.74) is 5.79. The Morgan fingerprint density at radius 3 is 2.77 bits per heavy atom. The van der Waals surface area contributed by atoms with E-state index in [4.69, 9.17) is 5.73 Å². The number of nitrogens with zero attached hydrogens (tertiary/aromatic N) is 1. The van der Waals surface area contributed by atoms with Crippen molar-refractivity contribution < 1.29 is 4.39 Å². The van der Waals surface area contributed by atoms with E-state index in [0.717, 1.165) is 0 Å². The first kappa shape index (κ1) is 9.67. The number of hydrogen-bond acceptors (Lipinski definition) is 3. The molecule has 0 fully saturated rings. The number of aromatic nitrogens is 1. The highest BCUT2D eigenvalue weighted by molar-refractivity contribution is 7.16. The third-order valence-electron chi connectivity index (χ3n) is 1.37. The first-order valence-electron chi connectivity index (χ1n) is 3.54. The van der Waals surface area contributed by atoms with Crippen LogP contribution in [0.25, 0.3) is 5.57 Å². The number of hydrogen-bond donors (Lipinski definition) is 1. The molecule has 0 aliphatic carbocycles. The van der Waals surface area contributed by atoms with Crippen molar-refractivity contribution in [1.29, 1.82) is 0 Å². The number of halogens is 1. The van der Waals surface area contributed by atoms with Crippen LogP contribution in [0.1, 0.15) is 4.88 Å². The Hall–Kier alpha value is -1.42. The van der Waals surface area contributed by atoms with Crippen LogP contribution in [0, 0.1) is 0 Å². The van der Waals surface area contributed by atoms with Gasteiger partial charge in [-0.15, -0.1) is 0 Å². The van der Waals surface area contributed by atoms with Crippen LogP contribution < -0.4 is 5.73 Å². The van der Waals surface area contributed by atoms with Crippen LogP contribution in [0.4, 0.5) is 9.52 Å². The second-order valence-corrected chi connectivity index (χ2v) is 3.35. The first-order chi connectivity index (χ1) is 6.15. The van der Waals surface area contributed by atoms with Crippen molar-refractivity contribution in [3.8, 4) is 0 Å². The molecule has 68 valence electrons. The van der Waals surface area contributed by atoms with Crippen molar-refractivity contribution >= 4 is 22.0 Å². The molecule has 1 aromatic heterocycles. The van der Waals surface area contributed by atoms with Gasteiger partial charge in [-0.05, 0) is 0 Å². The van der Waals surface area contributed by atoms with E-state index >= 15 is 0 Å². The predicted molar refractivity (Wildman–Crippen MR) is 54.9 cm³/mol. The summed E-state index contributed by atoms with van der Waals surface area (Å²) in [6, 6.07) is 0. The van der Waals surface area contributed by atoms with Gasteiger partial charge in [0.1, 0.15) is 5.83 Å². The molecule has 4 heteroatoms. The molecular formula is C9H9FN2S. The van der Waals surface area contributed by atoms with Crippen LogP contribution in [-0.4, -0.2) is 4.98 Å². The topological polar surface area (TPSA) is 38.9 Å². The Balaban J connectivity index is 3.09. The largest absolute Gasteiger partial charge is 0.375 e. The zero-order chi connectivity index (χ0) is 9.84. The molecule has 0 aromatic carbocycles. The summed E-state index contributed by atoms with van der Waals surface area (Å²) in [4.78, 5) is 4.47. The summed E-state index contributed by atoms with van der Waals surface area (Å²) in [6.07, 6.45) is 4.55. The molecule has 2 N–H and O–H groups in total. The quantitative estimate of drug-likeness (QED) is 0.755. The van der Waals surface area contributed by atoms with E-state index in [-0.39, 0.29) is 0 Å². The van der Waals surface area contributed by atoms with E-state index in [1.807, 2.05) is 0 Å². The van der Waals surface area contributed by atoms with Crippen molar-refractivity contribution in [3.05, 3.63) is 42.2 Å². The zero-order valence-corrected chi connectivity index (χ0v) is 7.77. The molecule has 2 nitrogen and oxygen atoms in total. The van der Waals surface area contributed by atoms with E-state index in [1.54, 1.807) is 0 Å². The van der Waals surface area contributed by atoms with Crippen molar-refractivity contribution in [3.63, 3.8) is 0 Å². The highest BCUT2D eigenvalue weighted by atomic mass is 32.1. The van der Waals surface area contributed by atoms with Gasteiger partial charge >= 0.3 is 0 Å². The van der Waals surface area contributed by atoms with E-state index in [9.17, 15) is 4.39 Å². The van der Waals surface area contributed by atoms with Crippen molar-refractivity contribution in [2.75, 3.05) is 5.73 Å². The van der Waals surface area contributed by atoms with Gasteiger partial charge in [-0.3, -0.25) is 0 Å². The number of allylic oxidation sites excluding steroid dienone is 4. The predicted octanol–water partition coefficient (Wildman–Crippen LogP) is 2.78. The second kappa shape index (κ2) is 4.00. The lowest BCUT2D eigenvalue weighted by Crippen LogP contribution is -1.78. The van der Waals surface area contributed by atoms with Crippen LogP contribution in [0.2, 0.25) is 0 Å². The molecule has 0 unspecified atom stereocenters. The van der Waals surface area contributed by atoms with Crippen LogP contribution >= 0.6 is 11.3 Å². The lowest BCUT2D eigenvalue weighted by Gasteiger charge is -1.97. The fourth-order valence-corrected chi connectivity index (χ4v) is 1.56. The standard InChI is InChI=1S/C9H9FN2S/c1-3-4-7(6(2)10)8-5-12-9(11)13-8/h3-5H,1-2H2,(H2,11,12)/b7-4+. The van der Waals surface area contributed by atoms with Crippen LogP contribution in [0.5, 0.6) is 0 Å². The molecule has 13 heavy (non-hydrogen) atoms. The average molecular weight is 196 g/mol. The van der Waals surface area contributed by atoms with Gasteiger partial charge in [-0.25, -0.2) is 9.37 Å². The molecule has 0 saturated carbocycles. The zero-order valence-electron chi connectivity index (χ0n) is 6.96. The maximum Gasteiger partial charge on any atom is 0.180 e. The molecule has 0 spiro atoms. The molecule has 0 saturated heterocycles. The maximum atomic E-state index is 12.9. The van der Waals surface area contributed by atoms with Gasteiger partial charge in [0, 0.05) is 11.8 Å². The SMILES string of the molecule is C=C/C=C(\C(=C)F)c1cnc(N)s1. The number of thiazole rings is 1. The van der Waals surface area contributed by atoms with E-state index < -0.39 is 5.83 Å². The van der Waals surface area contributed by atoms with Gasteiger partial charge in [-0.1, -0.05) is 36.6 Å². The lowest BCUT2D eigenvalue weighted by atomic mass is 10.2. The third-order valence-corrected chi connectivity index (χ3v) is 2.23. The average Bonchev–Trinajstić information content (AvgIpc) is 2.46. The molecule has 1 heterocycles. The summed E-state index contributed by atoms with van der Waals surface area (Å²) in [5.74, 6) is -0.511. The van der Waals surface area contributed by atoms with Crippen LogP contribution in [-0.2, 0) is 0 Å². The Kier molecular flexibility index (Phi) is 2.97. The molecule has 0 radical (unpaired) electrons. The molecule has 0 bridgehead atoms. The molecule has 1 rings (SSSR count). The second-order valence-electron chi connectivity index (χ2n) is 2.28. The van der Waals surface area contributed by atoms with Crippen LogP contribution in [0.3, 0.4) is 0 Å². The minimum absolute atomic E-state index is 0.379. The third kappa shape index (κ3) is 2.26. The number of rotatable bonds is 3. The Labute approximate surface area is 79.9 Å². The van der Waals surface area contributed by atoms with Crippen molar-refractivity contribution in [2.45, 2.75) is 0 Å². The molecular weight excluding hydrogens is 187 g/mol. The summed E-state index contributed by atoms with van der Waals surface area (Å²) in [6.45, 7) is 6.70. The fourth-order valence-electron chi connectivity index (χ4n) is 0.836. The summed E-state index contributed by atoms with van der Waals surface area (Å²) < 4.78 is 12.9. The summed E-state index contributed by atoms with van der Waals surface area (Å²) >= 11 is 1.21. The van der Waals surface area contributed by atoms with E-state index in [2.05, 4.69) is 18.1 Å². The maximum absolute atomic E-state index is 12.9. The molecule has 0 amide bonds. The lowest BCUT2D eigenvalue weighted by molar-refractivity contribution is 0.678. The number of anilines is 1. The Bertz CT molecular complexity index is 365. The molecule has 0 aliphatic rings. The van der Waals surface area contributed by atoms with E-state index in [0.29, 0.717) is 15.6 Å². The fraction of sp³-hybridized carbons (Fsp3) is 0. The van der Waals surface area contributed by atoms with Gasteiger partial charge in [0.25, 0.3) is 0 Å². The Morgan fingerprint density at radius 2 is 2.38 bits per heavy atom. The number of nitrogens with two attached hydrogens (primary N) is 1. The van der Waals surface area contributed by atoms with Gasteiger partial charge in [0.05, 0.1) is 4.88 Å². The summed E-state index contributed by atoms with van der Waals surface area (Å²) in [5, 5.41) is 0.409. The number of nitrogen functional groups attached to an aromatic ring is 1. The molecule has 0 aliphatic heterocycles. The van der Waals surface area contributed by atoms with Gasteiger partial charge in [-0.2, -0.15) is 0 Å². The van der Waals surface area contributed by atoms with Gasteiger partial charge in [0.15, 0.2) is 5.13 Å². The Morgan fingerprint density at radius 1 is 1.69 bits per heavy atom. The van der Waals surface area contributed by atoms with Crippen molar-refractivity contribution in [2.24, 2.45) is 0 Å². The normalized spacial score (nSPS) is 11.3. The summed E-state index contributed by atoms with van der Waals surface area (Å²) in [7, 11) is 0. The molecule has 0 atom stereocenters. The highest BCUT2D eigenvalue weighted by Gasteiger charge is 2.07.